The van der Waals surface area contributed by atoms with Crippen molar-refractivity contribution in [2.24, 2.45) is 42.3 Å². The number of hydrogen-bond acceptors (Lipinski definition) is 6. The first-order valence-corrected chi connectivity index (χ1v) is 36.3. The molecule has 520 valence electrons. The van der Waals surface area contributed by atoms with Crippen LogP contribution in [0.3, 0.4) is 0 Å². The van der Waals surface area contributed by atoms with Gasteiger partial charge in [-0.2, -0.15) is 0 Å². The van der Waals surface area contributed by atoms with Gasteiger partial charge in [-0.15, -0.1) is 0 Å². The summed E-state index contributed by atoms with van der Waals surface area (Å²) >= 11 is 0. The molecular formula is C91H102N12+6. The Morgan fingerprint density at radius 2 is 0.680 bits per heavy atom. The van der Waals surface area contributed by atoms with E-state index in [1.54, 1.807) is 0 Å². The molecule has 0 bridgehead atoms. The van der Waals surface area contributed by atoms with Crippen LogP contribution in [0.2, 0.25) is 0 Å². The number of aromatic nitrogens is 12. The van der Waals surface area contributed by atoms with Crippen molar-refractivity contribution in [3.8, 4) is 78.8 Å². The molecule has 12 heterocycles. The van der Waals surface area contributed by atoms with Gasteiger partial charge in [0.2, 0.25) is 34.2 Å². The summed E-state index contributed by atoms with van der Waals surface area (Å²) in [5, 5.41) is 0. The summed E-state index contributed by atoms with van der Waals surface area (Å²) < 4.78 is 13.1. The maximum atomic E-state index is 4.74. The summed E-state index contributed by atoms with van der Waals surface area (Å²) in [4.78, 5) is 25.8. The number of pyridine rings is 12. The molecule has 3 aliphatic carbocycles. The van der Waals surface area contributed by atoms with E-state index in [0.29, 0.717) is 0 Å². The third-order valence-electron chi connectivity index (χ3n) is 20.4. The molecule has 0 saturated carbocycles. The number of hydrogen-bond donors (Lipinski definition) is 0. The van der Waals surface area contributed by atoms with Gasteiger partial charge in [-0.05, 0) is 242 Å². The number of benzene rings is 1. The molecule has 0 radical (unpaired) electrons. The average Bonchev–Trinajstić information content (AvgIpc) is 1.75. The molecule has 3 aliphatic rings. The van der Waals surface area contributed by atoms with Crippen molar-refractivity contribution in [3.05, 3.63) is 310 Å². The van der Waals surface area contributed by atoms with Crippen LogP contribution in [0.1, 0.15) is 109 Å². The summed E-state index contributed by atoms with van der Waals surface area (Å²) in [6.07, 6.45) is 46.5. The highest BCUT2D eigenvalue weighted by molar-refractivity contribution is 5.72. The van der Waals surface area contributed by atoms with Crippen LogP contribution >= 0.6 is 0 Å². The Kier molecular flexibility index (Phi) is 24.3. The van der Waals surface area contributed by atoms with E-state index in [2.05, 4.69) is 272 Å². The Morgan fingerprint density at radius 3 is 1.16 bits per heavy atom. The standard InChI is InChI=1S/C20H21N2.C16H19N2.2C15H17N2.C13H15N2.C12H13N2/c1-14-8-7-9-15(2)20(14)18-12-16(3)17(13-21-18)19-10-5-6-11-22(19)4;1-12-7-8-17-10-15(12)16-9-13-5-3-4-6-14(13)11-18(16)2;1-11-6-8-16-10-14(11)15-13-5-3-4-12(13)7-9-17(15)2;1-11-6-7-16-9-14(11)15-8-12-4-3-5-13(12)10-17(15)2;1-10-5-7-15(3)13(8-10)12-9-14-6-4-11(12)2;1-10-6-7-13-9-11(10)12-5-3-4-8-14(12)2/h5-13H,1-4H3;7-11H,3-6H2,1-2H3;2*6-10H,3-5H2,1-2H3;4-9H,1-3H3;3-9H,1-2H3/q6*+1. The molecule has 12 nitrogen and oxygen atoms in total. The third kappa shape index (κ3) is 17.7. The van der Waals surface area contributed by atoms with Crippen LogP contribution in [0.25, 0.3) is 78.8 Å². The van der Waals surface area contributed by atoms with Gasteiger partial charge in [0.05, 0.1) is 39.1 Å². The maximum absolute atomic E-state index is 4.74. The Labute approximate surface area is 611 Å². The normalized spacial score (nSPS) is 12.2. The first-order valence-electron chi connectivity index (χ1n) is 36.3. The largest absolute Gasteiger partial charge is 0.264 e. The highest BCUT2D eigenvalue weighted by atomic mass is 15.0. The van der Waals surface area contributed by atoms with Gasteiger partial charge < -0.3 is 0 Å². The van der Waals surface area contributed by atoms with Crippen molar-refractivity contribution >= 4 is 0 Å². The monoisotopic (exact) mass is 1360 g/mol. The molecule has 13 aromatic rings. The van der Waals surface area contributed by atoms with E-state index in [4.69, 9.17) is 4.98 Å². The van der Waals surface area contributed by atoms with E-state index in [1.807, 2.05) is 112 Å². The fraction of sp³-hybridized carbons (Fsp3) is 0.275. The van der Waals surface area contributed by atoms with Crippen molar-refractivity contribution in [2.75, 3.05) is 0 Å². The molecule has 0 aliphatic heterocycles. The second-order valence-corrected chi connectivity index (χ2v) is 28.0. The quantitative estimate of drug-likeness (QED) is 0.147. The molecule has 0 unspecified atom stereocenters. The van der Waals surface area contributed by atoms with Crippen molar-refractivity contribution in [2.45, 2.75) is 127 Å². The zero-order valence-electron chi connectivity index (χ0n) is 63.3. The van der Waals surface area contributed by atoms with Gasteiger partial charge in [-0.25, -0.2) is 27.4 Å². The van der Waals surface area contributed by atoms with Crippen LogP contribution in [0.4, 0.5) is 0 Å². The van der Waals surface area contributed by atoms with E-state index in [0.717, 1.165) is 5.69 Å². The molecule has 16 rings (SSSR count). The van der Waals surface area contributed by atoms with Gasteiger partial charge in [-0.3, -0.25) is 29.9 Å². The van der Waals surface area contributed by atoms with Gasteiger partial charge in [0.25, 0.3) is 0 Å². The minimum absolute atomic E-state index is 1.05. The molecule has 103 heavy (non-hydrogen) atoms. The average molecular weight is 1360 g/mol. The number of aryl methyl sites for hydroxylation is 20. The van der Waals surface area contributed by atoms with Gasteiger partial charge in [-0.1, -0.05) is 18.2 Å². The minimum Gasteiger partial charge on any atom is -0.264 e. The zero-order chi connectivity index (χ0) is 72.7. The molecule has 0 spiro atoms. The Morgan fingerprint density at radius 1 is 0.282 bits per heavy atom. The SMILES string of the molecule is Cc1cc(-c2c(C)cccc2C)ncc1-c1cccc[n+]1C.Cc1cc[n+](C)c(-c2cnccc2C)c1.Cc1ccncc1-c1c2c(cc[n+]1C)CCC2.Cc1ccncc1-c1cc2c(c[n+]1C)CCC2.Cc1ccncc1-c1cc2c(c[n+]1C)CCCC2.Cc1ccncc1-c1cccc[n+]1C. The van der Waals surface area contributed by atoms with Gasteiger partial charge in [0, 0.05) is 145 Å². The highest BCUT2D eigenvalue weighted by Gasteiger charge is 2.26. The Hall–Kier alpha value is -11.0. The topological polar surface area (TPSA) is 101 Å². The fourth-order valence-corrected chi connectivity index (χ4v) is 14.5. The third-order valence-corrected chi connectivity index (χ3v) is 20.4. The lowest BCUT2D eigenvalue weighted by atomic mass is 9.91. The molecule has 0 saturated heterocycles. The lowest BCUT2D eigenvalue weighted by Crippen LogP contribution is -2.32. The van der Waals surface area contributed by atoms with Crippen LogP contribution in [0.5, 0.6) is 0 Å². The molecule has 1 aromatic carbocycles. The maximum Gasteiger partial charge on any atom is 0.217 e. The Bertz CT molecular complexity index is 5090. The van der Waals surface area contributed by atoms with Crippen LogP contribution in [-0.2, 0) is 80.8 Å². The van der Waals surface area contributed by atoms with E-state index in [9.17, 15) is 0 Å². The van der Waals surface area contributed by atoms with E-state index in [-0.39, 0.29) is 0 Å². The second kappa shape index (κ2) is 34.1. The molecule has 0 fully saturated rings. The van der Waals surface area contributed by atoms with Crippen molar-refractivity contribution in [1.82, 2.24) is 29.9 Å². The van der Waals surface area contributed by atoms with Crippen molar-refractivity contribution < 1.29 is 27.4 Å². The van der Waals surface area contributed by atoms with E-state index >= 15 is 0 Å². The summed E-state index contributed by atoms with van der Waals surface area (Å²) in [5.41, 5.74) is 37.7. The van der Waals surface area contributed by atoms with Crippen LogP contribution < -0.4 is 27.4 Å². The summed E-state index contributed by atoms with van der Waals surface area (Å²) in [7, 11) is 12.6. The summed E-state index contributed by atoms with van der Waals surface area (Å²) in [6.45, 7) is 19.2. The molecule has 0 amide bonds. The summed E-state index contributed by atoms with van der Waals surface area (Å²) in [6, 6.07) is 42.5. The number of nitrogens with zero attached hydrogens (tertiary/aromatic N) is 12. The predicted octanol–water partition coefficient (Wildman–Crippen LogP) is 15.7. The lowest BCUT2D eigenvalue weighted by Gasteiger charge is -2.15. The molecule has 12 heteroatoms. The zero-order valence-corrected chi connectivity index (χ0v) is 63.3. The Balaban J connectivity index is 0.000000125. The van der Waals surface area contributed by atoms with Crippen molar-refractivity contribution in [3.63, 3.8) is 0 Å². The number of rotatable bonds is 7. The molecule has 0 atom stereocenters. The second-order valence-electron chi connectivity index (χ2n) is 28.0. The van der Waals surface area contributed by atoms with Gasteiger partial charge >= 0.3 is 0 Å². The number of fused-ring (bicyclic) bond motifs is 3. The van der Waals surface area contributed by atoms with Crippen LogP contribution in [0.15, 0.2) is 227 Å². The predicted molar refractivity (Wildman–Crippen MR) is 414 cm³/mol. The van der Waals surface area contributed by atoms with Crippen LogP contribution in [0, 0.1) is 62.3 Å². The highest BCUT2D eigenvalue weighted by Crippen LogP contribution is 2.33. The minimum atomic E-state index is 1.05. The molecular weight excluding hydrogens is 1260 g/mol. The lowest BCUT2D eigenvalue weighted by molar-refractivity contribution is -0.661. The smallest absolute Gasteiger partial charge is 0.217 e. The molecule has 12 aromatic heterocycles. The molecule has 0 N–H and O–H groups in total. The summed E-state index contributed by atoms with van der Waals surface area (Å²) in [5.74, 6) is 0. The van der Waals surface area contributed by atoms with Crippen LogP contribution in [-0.4, -0.2) is 29.9 Å². The van der Waals surface area contributed by atoms with Crippen molar-refractivity contribution in [1.29, 1.82) is 0 Å². The van der Waals surface area contributed by atoms with Gasteiger partial charge in [0.1, 0.15) is 42.3 Å². The van der Waals surface area contributed by atoms with E-state index in [1.165, 1.54) is 221 Å². The first kappa shape index (κ1) is 73.2. The fourth-order valence-electron chi connectivity index (χ4n) is 14.5. The van der Waals surface area contributed by atoms with Gasteiger partial charge in [0.15, 0.2) is 37.2 Å². The van der Waals surface area contributed by atoms with E-state index < -0.39 is 0 Å². The first-order chi connectivity index (χ1) is 49.8.